The third-order valence-corrected chi connectivity index (χ3v) is 4.37. The predicted molar refractivity (Wildman–Crippen MR) is 90.2 cm³/mol. The molecule has 0 amide bonds. The number of anilines is 3. The molecule has 0 radical (unpaired) electrons. The lowest BCUT2D eigenvalue weighted by molar-refractivity contribution is 0.584. The molecule has 0 aliphatic carbocycles. The molecule has 3 N–H and O–H groups in total. The van der Waals surface area contributed by atoms with Crippen molar-refractivity contribution in [1.82, 2.24) is 19.9 Å². The Hall–Kier alpha value is -2.26. The van der Waals surface area contributed by atoms with Gasteiger partial charge in [-0.1, -0.05) is 0 Å². The highest BCUT2D eigenvalue weighted by Gasteiger charge is 2.04. The average Bonchev–Trinajstić information content (AvgIpc) is 2.53. The molecule has 0 spiro atoms. The Balaban J connectivity index is 1.83. The molecule has 23 heavy (non-hydrogen) atoms. The van der Waals surface area contributed by atoms with Gasteiger partial charge in [0.15, 0.2) is 5.82 Å². The second-order valence-corrected chi connectivity index (χ2v) is 6.97. The molecule has 0 aliphatic rings. The van der Waals surface area contributed by atoms with Gasteiger partial charge in [0.2, 0.25) is 10.0 Å². The van der Waals surface area contributed by atoms with Crippen LogP contribution in [0, 0.1) is 6.92 Å². The van der Waals surface area contributed by atoms with Gasteiger partial charge in [-0.25, -0.2) is 18.1 Å². The molecule has 9 heteroatoms. The molecule has 2 rings (SSSR count). The van der Waals surface area contributed by atoms with Crippen molar-refractivity contribution in [2.75, 3.05) is 29.5 Å². The van der Waals surface area contributed by atoms with Crippen LogP contribution < -0.4 is 15.4 Å². The summed E-state index contributed by atoms with van der Waals surface area (Å²) in [5, 5.41) is 14.1. The molecule has 2 aromatic heterocycles. The van der Waals surface area contributed by atoms with Crippen LogP contribution in [-0.4, -0.2) is 42.4 Å². The third-order valence-electron chi connectivity index (χ3n) is 2.97. The quantitative estimate of drug-likeness (QED) is 0.623. The summed E-state index contributed by atoms with van der Waals surface area (Å²) in [4.78, 5) is 4.19. The van der Waals surface area contributed by atoms with Gasteiger partial charge < -0.3 is 10.6 Å². The van der Waals surface area contributed by atoms with Crippen molar-refractivity contribution in [2.45, 2.75) is 13.8 Å². The first-order valence-electron chi connectivity index (χ1n) is 7.23. The number of sulfonamides is 1. The van der Waals surface area contributed by atoms with Gasteiger partial charge in [0.05, 0.1) is 5.75 Å². The van der Waals surface area contributed by atoms with E-state index < -0.39 is 10.0 Å². The fraction of sp³-hybridized carbons (Fsp3) is 0.357. The first kappa shape index (κ1) is 17.1. The van der Waals surface area contributed by atoms with E-state index in [1.54, 1.807) is 25.3 Å². The molecule has 0 aromatic carbocycles. The highest BCUT2D eigenvalue weighted by molar-refractivity contribution is 7.89. The van der Waals surface area contributed by atoms with E-state index in [0.717, 1.165) is 5.56 Å². The molecule has 8 nitrogen and oxygen atoms in total. The van der Waals surface area contributed by atoms with Gasteiger partial charge in [-0.05, 0) is 43.7 Å². The number of hydrogen-bond donors (Lipinski definition) is 3. The van der Waals surface area contributed by atoms with Gasteiger partial charge in [0.25, 0.3) is 0 Å². The van der Waals surface area contributed by atoms with Crippen molar-refractivity contribution in [3.8, 4) is 0 Å². The molecule has 0 fully saturated rings. The van der Waals surface area contributed by atoms with Crippen LogP contribution in [0.15, 0.2) is 30.5 Å². The summed E-state index contributed by atoms with van der Waals surface area (Å²) < 4.78 is 25.0. The Morgan fingerprint density at radius 2 is 1.78 bits per heavy atom. The van der Waals surface area contributed by atoms with Crippen molar-refractivity contribution >= 4 is 27.5 Å². The molecular formula is C14H20N6O2S. The van der Waals surface area contributed by atoms with Crippen LogP contribution in [0.4, 0.5) is 17.5 Å². The molecule has 0 saturated carbocycles. The highest BCUT2D eigenvalue weighted by atomic mass is 32.2. The van der Waals surface area contributed by atoms with Crippen molar-refractivity contribution in [3.63, 3.8) is 0 Å². The van der Waals surface area contributed by atoms with Crippen molar-refractivity contribution in [3.05, 3.63) is 36.0 Å². The van der Waals surface area contributed by atoms with Crippen LogP contribution >= 0.6 is 0 Å². The number of pyridine rings is 1. The van der Waals surface area contributed by atoms with E-state index in [1.807, 2.05) is 19.1 Å². The second-order valence-electron chi connectivity index (χ2n) is 4.87. The maximum Gasteiger partial charge on any atom is 0.211 e. The van der Waals surface area contributed by atoms with Crippen LogP contribution in [0.2, 0.25) is 0 Å². The van der Waals surface area contributed by atoms with E-state index in [9.17, 15) is 8.42 Å². The SMILES string of the molecule is CCS(=O)(=O)NCCNc1ccc(Nc2cc(C)ccn2)nn1. The zero-order chi connectivity index (χ0) is 16.7. The van der Waals surface area contributed by atoms with Crippen LogP contribution in [-0.2, 0) is 10.0 Å². The number of aryl methyl sites for hydroxylation is 1. The molecule has 0 bridgehead atoms. The van der Waals surface area contributed by atoms with E-state index in [-0.39, 0.29) is 5.75 Å². The van der Waals surface area contributed by atoms with Crippen LogP contribution in [0.25, 0.3) is 0 Å². The Kier molecular flexibility index (Phi) is 5.83. The maximum absolute atomic E-state index is 11.3. The molecule has 2 heterocycles. The topological polar surface area (TPSA) is 109 Å². The fourth-order valence-corrected chi connectivity index (χ4v) is 2.35. The summed E-state index contributed by atoms with van der Waals surface area (Å²) in [5.74, 6) is 1.93. The first-order valence-corrected chi connectivity index (χ1v) is 8.88. The van der Waals surface area contributed by atoms with Crippen LogP contribution in [0.5, 0.6) is 0 Å². The molecular weight excluding hydrogens is 316 g/mol. The number of aromatic nitrogens is 3. The summed E-state index contributed by atoms with van der Waals surface area (Å²) in [5.41, 5.74) is 1.10. The van der Waals surface area contributed by atoms with Gasteiger partial charge in [-0.15, -0.1) is 10.2 Å². The molecule has 0 saturated heterocycles. The normalized spacial score (nSPS) is 11.2. The monoisotopic (exact) mass is 336 g/mol. The molecule has 124 valence electrons. The van der Waals surface area contributed by atoms with Crippen molar-refractivity contribution in [2.24, 2.45) is 0 Å². The summed E-state index contributed by atoms with van der Waals surface area (Å²) in [7, 11) is -3.16. The largest absolute Gasteiger partial charge is 0.367 e. The summed E-state index contributed by atoms with van der Waals surface area (Å²) in [6, 6.07) is 7.36. The van der Waals surface area contributed by atoms with Gasteiger partial charge >= 0.3 is 0 Å². The lowest BCUT2D eigenvalue weighted by Crippen LogP contribution is -2.30. The fourth-order valence-electron chi connectivity index (χ4n) is 1.73. The Morgan fingerprint density at radius 3 is 2.43 bits per heavy atom. The molecule has 2 aromatic rings. The van der Waals surface area contributed by atoms with Gasteiger partial charge in [0.1, 0.15) is 11.6 Å². The minimum Gasteiger partial charge on any atom is -0.367 e. The third kappa shape index (κ3) is 5.80. The Bertz CT molecular complexity index is 733. The molecule has 0 unspecified atom stereocenters. The van der Waals surface area contributed by atoms with Gasteiger partial charge in [-0.3, -0.25) is 0 Å². The predicted octanol–water partition coefficient (Wildman–Crippen LogP) is 1.27. The van der Waals surface area contributed by atoms with E-state index in [4.69, 9.17) is 0 Å². The van der Waals surface area contributed by atoms with Crippen molar-refractivity contribution < 1.29 is 8.42 Å². The molecule has 0 atom stereocenters. The number of nitrogens with one attached hydrogen (secondary N) is 3. The zero-order valence-corrected chi connectivity index (χ0v) is 13.9. The lowest BCUT2D eigenvalue weighted by atomic mass is 10.3. The number of nitrogens with zero attached hydrogens (tertiary/aromatic N) is 3. The minimum absolute atomic E-state index is 0.0696. The van der Waals surface area contributed by atoms with Crippen molar-refractivity contribution in [1.29, 1.82) is 0 Å². The molecule has 0 aliphatic heterocycles. The summed E-state index contributed by atoms with van der Waals surface area (Å²) in [6.45, 7) is 4.31. The van der Waals surface area contributed by atoms with E-state index in [2.05, 4.69) is 30.5 Å². The van der Waals surface area contributed by atoms with Gasteiger partial charge in [0, 0.05) is 19.3 Å². The first-order chi connectivity index (χ1) is 11.0. The maximum atomic E-state index is 11.3. The van der Waals surface area contributed by atoms with Crippen LogP contribution in [0.3, 0.4) is 0 Å². The smallest absolute Gasteiger partial charge is 0.211 e. The highest BCUT2D eigenvalue weighted by Crippen LogP contribution is 2.13. The number of rotatable bonds is 8. The van der Waals surface area contributed by atoms with Gasteiger partial charge in [-0.2, -0.15) is 0 Å². The summed E-state index contributed by atoms with van der Waals surface area (Å²) in [6.07, 6.45) is 1.72. The standard InChI is InChI=1S/C14H20N6O2S/c1-3-23(21,22)17-9-8-16-12-4-5-13(20-19-12)18-14-10-11(2)6-7-15-14/h4-7,10,17H,3,8-9H2,1-2H3,(H,16,19)(H,15,18,20). The van der Waals surface area contributed by atoms with Crippen LogP contribution in [0.1, 0.15) is 12.5 Å². The average molecular weight is 336 g/mol. The Morgan fingerprint density at radius 1 is 1.04 bits per heavy atom. The Labute approximate surface area is 135 Å². The van der Waals surface area contributed by atoms with E-state index >= 15 is 0 Å². The summed E-state index contributed by atoms with van der Waals surface area (Å²) >= 11 is 0. The number of hydrogen-bond acceptors (Lipinski definition) is 7. The van der Waals surface area contributed by atoms with E-state index in [0.29, 0.717) is 30.5 Å². The second kappa shape index (κ2) is 7.84. The zero-order valence-electron chi connectivity index (χ0n) is 13.1. The lowest BCUT2D eigenvalue weighted by Gasteiger charge is -2.08. The van der Waals surface area contributed by atoms with E-state index in [1.165, 1.54) is 0 Å². The minimum atomic E-state index is -3.16.